The van der Waals surface area contributed by atoms with Gasteiger partial charge in [-0.1, -0.05) is 37.3 Å². The lowest BCUT2D eigenvalue weighted by atomic mass is 10.0. The third-order valence-electron chi connectivity index (χ3n) is 6.08. The van der Waals surface area contributed by atoms with Gasteiger partial charge in [-0.05, 0) is 47.7 Å². The van der Waals surface area contributed by atoms with Crippen LogP contribution in [-0.2, 0) is 17.8 Å². The number of hydrogen-bond acceptors (Lipinski definition) is 6. The summed E-state index contributed by atoms with van der Waals surface area (Å²) in [4.78, 5) is 16.4. The summed E-state index contributed by atoms with van der Waals surface area (Å²) >= 11 is 0. The van der Waals surface area contributed by atoms with Crippen LogP contribution in [0.4, 0.5) is 0 Å². The predicted octanol–water partition coefficient (Wildman–Crippen LogP) is 3.43. The number of likely N-dealkylation sites (tertiary alicyclic amines) is 1. The maximum absolute atomic E-state index is 13.1. The van der Waals surface area contributed by atoms with Gasteiger partial charge in [0.05, 0.1) is 19.3 Å². The number of carbonyl (C=O) groups excluding carboxylic acids is 1. The minimum Gasteiger partial charge on any atom is -0.490 e. The fourth-order valence-corrected chi connectivity index (χ4v) is 4.33. The number of carbonyl (C=O) groups is 1. The van der Waals surface area contributed by atoms with Crippen molar-refractivity contribution in [1.82, 2.24) is 25.1 Å². The summed E-state index contributed by atoms with van der Waals surface area (Å²) < 4.78 is 11.6. The second-order valence-corrected chi connectivity index (χ2v) is 8.20. The van der Waals surface area contributed by atoms with E-state index in [1.165, 1.54) is 10.4 Å². The molecule has 2 aliphatic rings. The highest BCUT2D eigenvalue weighted by Crippen LogP contribution is 2.38. The van der Waals surface area contributed by atoms with Gasteiger partial charge in [-0.25, -0.2) is 0 Å². The van der Waals surface area contributed by atoms with E-state index in [1.54, 1.807) is 0 Å². The minimum absolute atomic E-state index is 0.00936. The van der Waals surface area contributed by atoms with Gasteiger partial charge in [0.25, 0.3) is 0 Å². The van der Waals surface area contributed by atoms with Crippen LogP contribution < -0.4 is 9.47 Å². The molecule has 32 heavy (non-hydrogen) atoms. The summed E-state index contributed by atoms with van der Waals surface area (Å²) in [7, 11) is 0. The Morgan fingerprint density at radius 1 is 1.06 bits per heavy atom. The van der Waals surface area contributed by atoms with Crippen LogP contribution in [-0.4, -0.2) is 50.8 Å². The largest absolute Gasteiger partial charge is 0.490 e. The van der Waals surface area contributed by atoms with Crippen LogP contribution in [0.1, 0.15) is 43.4 Å². The van der Waals surface area contributed by atoms with Crippen molar-refractivity contribution < 1.29 is 14.3 Å². The maximum Gasteiger partial charge on any atom is 0.246 e. The summed E-state index contributed by atoms with van der Waals surface area (Å²) in [6, 6.07) is 14.1. The average Bonchev–Trinajstić information content (AvgIpc) is 3.44. The molecule has 0 radical (unpaired) electrons. The van der Waals surface area contributed by atoms with Gasteiger partial charge in [0.1, 0.15) is 6.54 Å². The Morgan fingerprint density at radius 2 is 1.88 bits per heavy atom. The van der Waals surface area contributed by atoms with Gasteiger partial charge in [0.2, 0.25) is 11.7 Å². The molecule has 1 saturated heterocycles. The third-order valence-corrected chi connectivity index (χ3v) is 6.08. The molecule has 0 unspecified atom stereocenters. The summed E-state index contributed by atoms with van der Waals surface area (Å²) in [5.41, 5.74) is 3.22. The number of tetrazole rings is 1. The lowest BCUT2D eigenvalue weighted by Gasteiger charge is -2.25. The van der Waals surface area contributed by atoms with Crippen molar-refractivity contribution in [3.05, 3.63) is 53.6 Å². The number of benzene rings is 2. The van der Waals surface area contributed by atoms with Crippen LogP contribution in [0.2, 0.25) is 0 Å². The van der Waals surface area contributed by atoms with E-state index in [1.807, 2.05) is 35.2 Å². The lowest BCUT2D eigenvalue weighted by Crippen LogP contribution is -2.34. The zero-order chi connectivity index (χ0) is 21.9. The van der Waals surface area contributed by atoms with Crippen molar-refractivity contribution >= 4 is 5.91 Å². The highest BCUT2D eigenvalue weighted by molar-refractivity contribution is 5.76. The fourth-order valence-electron chi connectivity index (χ4n) is 4.33. The Kier molecular flexibility index (Phi) is 5.75. The molecule has 0 N–H and O–H groups in total. The number of aromatic nitrogens is 4. The molecule has 0 saturated carbocycles. The Morgan fingerprint density at radius 3 is 2.69 bits per heavy atom. The van der Waals surface area contributed by atoms with Crippen molar-refractivity contribution in [2.24, 2.45) is 0 Å². The molecular weight excluding hydrogens is 406 g/mol. The average molecular weight is 434 g/mol. The predicted molar refractivity (Wildman–Crippen MR) is 118 cm³/mol. The van der Waals surface area contributed by atoms with Gasteiger partial charge < -0.3 is 14.4 Å². The van der Waals surface area contributed by atoms with Crippen molar-refractivity contribution in [2.45, 2.75) is 45.2 Å². The van der Waals surface area contributed by atoms with Gasteiger partial charge in [-0.15, -0.1) is 10.2 Å². The molecule has 1 amide bonds. The van der Waals surface area contributed by atoms with Gasteiger partial charge in [0.15, 0.2) is 11.5 Å². The molecule has 166 valence electrons. The van der Waals surface area contributed by atoms with Crippen molar-refractivity contribution in [1.29, 1.82) is 0 Å². The van der Waals surface area contributed by atoms with Crippen molar-refractivity contribution in [2.75, 3.05) is 19.8 Å². The number of nitrogens with zero attached hydrogens (tertiary/aromatic N) is 5. The van der Waals surface area contributed by atoms with E-state index in [0.717, 1.165) is 54.9 Å². The van der Waals surface area contributed by atoms with E-state index in [9.17, 15) is 4.79 Å². The van der Waals surface area contributed by atoms with E-state index in [-0.39, 0.29) is 18.5 Å². The number of aryl methyl sites for hydroxylation is 1. The van der Waals surface area contributed by atoms with Gasteiger partial charge >= 0.3 is 0 Å². The highest BCUT2D eigenvalue weighted by Gasteiger charge is 2.31. The summed E-state index contributed by atoms with van der Waals surface area (Å²) in [6.45, 7) is 4.22. The van der Waals surface area contributed by atoms with Crippen LogP contribution in [0.25, 0.3) is 11.4 Å². The third kappa shape index (κ3) is 4.17. The summed E-state index contributed by atoms with van der Waals surface area (Å²) in [5, 5.41) is 12.7. The number of hydrogen-bond donors (Lipinski definition) is 0. The topological polar surface area (TPSA) is 82.4 Å². The van der Waals surface area contributed by atoms with E-state index < -0.39 is 0 Å². The number of fused-ring (bicyclic) bond motifs is 1. The Labute approximate surface area is 187 Å². The number of rotatable bonds is 5. The molecule has 1 fully saturated rings. The molecule has 8 nitrogen and oxygen atoms in total. The molecule has 8 heteroatoms. The van der Waals surface area contributed by atoms with Crippen LogP contribution in [0.5, 0.6) is 11.5 Å². The normalized spacial score (nSPS) is 17.9. The van der Waals surface area contributed by atoms with Crippen LogP contribution in [0, 0.1) is 0 Å². The van der Waals surface area contributed by atoms with Gasteiger partial charge in [-0.3, -0.25) is 4.79 Å². The zero-order valence-corrected chi connectivity index (χ0v) is 18.2. The van der Waals surface area contributed by atoms with E-state index in [2.05, 4.69) is 34.5 Å². The van der Waals surface area contributed by atoms with Crippen LogP contribution >= 0.6 is 0 Å². The summed E-state index contributed by atoms with van der Waals surface area (Å²) in [5.74, 6) is 2.05. The quantitative estimate of drug-likeness (QED) is 0.613. The van der Waals surface area contributed by atoms with Gasteiger partial charge in [-0.2, -0.15) is 4.80 Å². The highest BCUT2D eigenvalue weighted by atomic mass is 16.5. The van der Waals surface area contributed by atoms with Gasteiger partial charge in [0, 0.05) is 18.5 Å². The first kappa shape index (κ1) is 20.5. The van der Waals surface area contributed by atoms with Crippen LogP contribution in [0.3, 0.4) is 0 Å². The molecule has 1 atom stereocenters. The monoisotopic (exact) mass is 433 g/mol. The Bertz CT molecular complexity index is 1100. The molecular formula is C24H27N5O3. The number of ether oxygens (including phenoxy) is 2. The standard InChI is InChI=1S/C24H27N5O3/c1-2-17-6-8-18(9-7-17)24-25-27-29(26-24)16-23(30)28-12-3-5-20(28)19-10-11-21-22(15-19)32-14-4-13-31-21/h6-11,15,20H,2-5,12-14,16H2,1H3/t20-/m0/s1. The SMILES string of the molecule is CCc1ccc(-c2nnn(CC(=O)N3CCC[C@H]3c3ccc4c(c3)OCCCO4)n2)cc1. The zero-order valence-electron chi connectivity index (χ0n) is 18.2. The number of amides is 1. The molecule has 3 aromatic rings. The fraction of sp³-hybridized carbons (Fsp3) is 0.417. The Hall–Kier alpha value is -3.42. The van der Waals surface area contributed by atoms with Crippen LogP contribution in [0.15, 0.2) is 42.5 Å². The van der Waals surface area contributed by atoms with E-state index in [4.69, 9.17) is 9.47 Å². The van der Waals surface area contributed by atoms with E-state index >= 15 is 0 Å². The first-order chi connectivity index (χ1) is 15.7. The maximum atomic E-state index is 13.1. The summed E-state index contributed by atoms with van der Waals surface area (Å²) in [6.07, 6.45) is 3.73. The molecule has 0 spiro atoms. The molecule has 1 aromatic heterocycles. The lowest BCUT2D eigenvalue weighted by molar-refractivity contribution is -0.133. The minimum atomic E-state index is -0.00936. The first-order valence-electron chi connectivity index (χ1n) is 11.3. The Balaban J connectivity index is 1.29. The molecule has 5 rings (SSSR count). The second-order valence-electron chi connectivity index (χ2n) is 8.20. The second kappa shape index (κ2) is 8.98. The first-order valence-corrected chi connectivity index (χ1v) is 11.3. The molecule has 2 aromatic carbocycles. The molecule has 3 heterocycles. The molecule has 0 bridgehead atoms. The van der Waals surface area contributed by atoms with Crippen molar-refractivity contribution in [3.8, 4) is 22.9 Å². The van der Waals surface area contributed by atoms with E-state index in [0.29, 0.717) is 19.0 Å². The molecule has 0 aliphatic carbocycles. The van der Waals surface area contributed by atoms with Crippen molar-refractivity contribution in [3.63, 3.8) is 0 Å². The smallest absolute Gasteiger partial charge is 0.246 e. The molecule has 2 aliphatic heterocycles.